The van der Waals surface area contributed by atoms with Crippen molar-refractivity contribution < 1.29 is 9.90 Å². The molecule has 62 valence electrons. The van der Waals surface area contributed by atoms with Gasteiger partial charge in [-0.3, -0.25) is 4.79 Å². The minimum atomic E-state index is -0.567. The molecule has 2 heteroatoms. The van der Waals surface area contributed by atoms with E-state index in [-0.39, 0.29) is 5.41 Å². The van der Waals surface area contributed by atoms with Crippen LogP contribution in [0.4, 0.5) is 0 Å². The number of aliphatic carboxylic acids is 1. The Balaban J connectivity index is 2.32. The van der Waals surface area contributed by atoms with Crippen molar-refractivity contribution in [3.05, 3.63) is 0 Å². The Morgan fingerprint density at radius 1 is 1.27 bits per heavy atom. The van der Waals surface area contributed by atoms with Gasteiger partial charge in [0, 0.05) is 0 Å². The lowest BCUT2D eigenvalue weighted by Gasteiger charge is -2.23. The molecule has 0 aliphatic heterocycles. The first-order valence-corrected chi connectivity index (χ1v) is 4.39. The van der Waals surface area contributed by atoms with E-state index in [1.165, 1.54) is 0 Å². The molecule has 11 heavy (non-hydrogen) atoms. The van der Waals surface area contributed by atoms with Gasteiger partial charge < -0.3 is 5.11 Å². The van der Waals surface area contributed by atoms with Crippen LogP contribution >= 0.6 is 0 Å². The van der Waals surface area contributed by atoms with Gasteiger partial charge in [-0.2, -0.15) is 0 Å². The van der Waals surface area contributed by atoms with E-state index in [0.717, 1.165) is 25.7 Å². The van der Waals surface area contributed by atoms with Gasteiger partial charge in [-0.05, 0) is 44.4 Å². The third-order valence-electron chi connectivity index (χ3n) is 3.88. The molecule has 0 aromatic heterocycles. The van der Waals surface area contributed by atoms with Gasteiger partial charge in [0.15, 0.2) is 0 Å². The fourth-order valence-electron chi connectivity index (χ4n) is 2.98. The maximum absolute atomic E-state index is 11.0. The molecular weight excluding hydrogens is 140 g/mol. The van der Waals surface area contributed by atoms with Gasteiger partial charge in [0.2, 0.25) is 0 Å². The lowest BCUT2D eigenvalue weighted by atomic mass is 9.80. The molecule has 0 aromatic carbocycles. The highest BCUT2D eigenvalue weighted by Crippen LogP contribution is 2.57. The summed E-state index contributed by atoms with van der Waals surface area (Å²) in [6, 6.07) is 0. The Morgan fingerprint density at radius 2 is 1.64 bits per heavy atom. The highest BCUT2D eigenvalue weighted by atomic mass is 16.4. The van der Waals surface area contributed by atoms with Crippen molar-refractivity contribution in [2.75, 3.05) is 0 Å². The van der Waals surface area contributed by atoms with Crippen molar-refractivity contribution in [3.63, 3.8) is 0 Å². The number of carboxylic acids is 1. The molecule has 1 N–H and O–H groups in total. The van der Waals surface area contributed by atoms with Gasteiger partial charge in [-0.15, -0.1) is 0 Å². The van der Waals surface area contributed by atoms with E-state index in [1.54, 1.807) is 0 Å². The average Bonchev–Trinajstić information content (AvgIpc) is 2.46. The zero-order valence-corrected chi connectivity index (χ0v) is 6.84. The summed E-state index contributed by atoms with van der Waals surface area (Å²) in [5.74, 6) is 0.387. The van der Waals surface area contributed by atoms with Crippen molar-refractivity contribution in [2.24, 2.45) is 17.3 Å². The smallest absolute Gasteiger partial charge is 0.309 e. The second-order valence-electron chi connectivity index (χ2n) is 4.14. The van der Waals surface area contributed by atoms with Crippen molar-refractivity contribution in [3.8, 4) is 0 Å². The van der Waals surface area contributed by atoms with Crippen LogP contribution in [0.5, 0.6) is 0 Å². The van der Waals surface area contributed by atoms with Gasteiger partial charge in [0.25, 0.3) is 0 Å². The Bertz CT molecular complexity index is 178. The largest absolute Gasteiger partial charge is 0.481 e. The zero-order chi connectivity index (χ0) is 8.06. The lowest BCUT2D eigenvalue weighted by molar-refractivity contribution is -0.150. The summed E-state index contributed by atoms with van der Waals surface area (Å²) in [6.45, 7) is 1.94. The number of hydrogen-bond acceptors (Lipinski definition) is 1. The minimum absolute atomic E-state index is 0.361. The van der Waals surface area contributed by atoms with E-state index < -0.39 is 5.97 Å². The average molecular weight is 154 g/mol. The number of fused-ring (bicyclic) bond motifs is 2. The maximum Gasteiger partial charge on any atom is 0.309 e. The predicted octanol–water partition coefficient (Wildman–Crippen LogP) is 1.90. The van der Waals surface area contributed by atoms with Crippen LogP contribution in [-0.2, 0) is 4.79 Å². The molecule has 0 unspecified atom stereocenters. The molecule has 2 rings (SSSR count). The molecule has 0 radical (unpaired) electrons. The molecule has 0 spiro atoms. The van der Waals surface area contributed by atoms with Gasteiger partial charge in [-0.25, -0.2) is 0 Å². The standard InChI is InChI=1S/C9H14O2/c1-9(8(10)11)6-2-3-7(9)5-4-6/h6-7H,2-5H2,1H3,(H,10,11). The third-order valence-corrected chi connectivity index (χ3v) is 3.88. The van der Waals surface area contributed by atoms with Crippen LogP contribution in [0.1, 0.15) is 32.6 Å². The molecule has 0 amide bonds. The van der Waals surface area contributed by atoms with Crippen LogP contribution in [0, 0.1) is 17.3 Å². The van der Waals surface area contributed by atoms with E-state index in [2.05, 4.69) is 0 Å². The van der Waals surface area contributed by atoms with Gasteiger partial charge in [0.1, 0.15) is 0 Å². The molecule has 2 nitrogen and oxygen atoms in total. The van der Waals surface area contributed by atoms with Crippen LogP contribution in [0.3, 0.4) is 0 Å². The van der Waals surface area contributed by atoms with Crippen LogP contribution in [0.2, 0.25) is 0 Å². The fraction of sp³-hybridized carbons (Fsp3) is 0.889. The van der Waals surface area contributed by atoms with E-state index in [9.17, 15) is 4.79 Å². The number of hydrogen-bond donors (Lipinski definition) is 1. The number of rotatable bonds is 1. The molecular formula is C9H14O2. The van der Waals surface area contributed by atoms with E-state index in [1.807, 2.05) is 6.92 Å². The second-order valence-corrected chi connectivity index (χ2v) is 4.14. The molecule has 0 atom stereocenters. The molecule has 0 heterocycles. The Morgan fingerprint density at radius 3 is 1.82 bits per heavy atom. The molecule has 2 bridgehead atoms. The van der Waals surface area contributed by atoms with Crippen molar-refractivity contribution in [1.29, 1.82) is 0 Å². The maximum atomic E-state index is 11.0. The minimum Gasteiger partial charge on any atom is -0.481 e. The SMILES string of the molecule is CC1(C(=O)O)C2CCC1CC2. The van der Waals surface area contributed by atoms with Crippen LogP contribution in [-0.4, -0.2) is 11.1 Å². The first-order chi connectivity index (χ1) is 5.15. The Kier molecular flexibility index (Phi) is 1.29. The van der Waals surface area contributed by atoms with Crippen molar-refractivity contribution in [1.82, 2.24) is 0 Å². The Hall–Kier alpha value is -0.530. The fourth-order valence-corrected chi connectivity index (χ4v) is 2.98. The Labute approximate surface area is 66.6 Å². The summed E-state index contributed by atoms with van der Waals surface area (Å²) in [4.78, 5) is 11.0. The predicted molar refractivity (Wildman–Crippen MR) is 41.2 cm³/mol. The summed E-state index contributed by atoms with van der Waals surface area (Å²) in [5, 5.41) is 9.05. The first kappa shape index (κ1) is 7.14. The summed E-state index contributed by atoms with van der Waals surface area (Å²) >= 11 is 0. The van der Waals surface area contributed by atoms with Gasteiger partial charge >= 0.3 is 5.97 Å². The summed E-state index contributed by atoms with van der Waals surface area (Å²) in [6.07, 6.45) is 4.59. The van der Waals surface area contributed by atoms with Crippen LogP contribution < -0.4 is 0 Å². The van der Waals surface area contributed by atoms with E-state index in [4.69, 9.17) is 5.11 Å². The topological polar surface area (TPSA) is 37.3 Å². The number of carboxylic acid groups (broad SMARTS) is 1. The molecule has 0 aromatic rings. The lowest BCUT2D eigenvalue weighted by Crippen LogP contribution is -2.32. The van der Waals surface area contributed by atoms with Crippen molar-refractivity contribution >= 4 is 5.97 Å². The summed E-state index contributed by atoms with van der Waals surface area (Å²) in [5.41, 5.74) is -0.361. The molecule has 0 saturated heterocycles. The van der Waals surface area contributed by atoms with Gasteiger partial charge in [0.05, 0.1) is 5.41 Å². The second kappa shape index (κ2) is 1.99. The van der Waals surface area contributed by atoms with Crippen LogP contribution in [0.15, 0.2) is 0 Å². The van der Waals surface area contributed by atoms with Crippen LogP contribution in [0.25, 0.3) is 0 Å². The number of carbonyl (C=O) groups is 1. The van der Waals surface area contributed by atoms with E-state index >= 15 is 0 Å². The molecule has 2 aliphatic rings. The van der Waals surface area contributed by atoms with Gasteiger partial charge in [-0.1, -0.05) is 0 Å². The molecule has 2 saturated carbocycles. The van der Waals surface area contributed by atoms with Crippen molar-refractivity contribution in [2.45, 2.75) is 32.6 Å². The molecule has 2 aliphatic carbocycles. The zero-order valence-electron chi connectivity index (χ0n) is 6.84. The molecule has 2 fully saturated rings. The quantitative estimate of drug-likeness (QED) is 0.626. The summed E-state index contributed by atoms with van der Waals surface area (Å²) < 4.78 is 0. The first-order valence-electron chi connectivity index (χ1n) is 4.39. The monoisotopic (exact) mass is 154 g/mol. The third kappa shape index (κ3) is 0.700. The van der Waals surface area contributed by atoms with E-state index in [0.29, 0.717) is 11.8 Å². The highest BCUT2D eigenvalue weighted by Gasteiger charge is 2.55. The highest BCUT2D eigenvalue weighted by molar-refractivity contribution is 5.76. The summed E-state index contributed by atoms with van der Waals surface area (Å²) in [7, 11) is 0. The normalized spacial score (nSPS) is 48.1.